The van der Waals surface area contributed by atoms with E-state index in [1.165, 1.54) is 23.5 Å². The van der Waals surface area contributed by atoms with Gasteiger partial charge in [-0.05, 0) is 24.6 Å². The van der Waals surface area contributed by atoms with Crippen molar-refractivity contribution in [1.29, 1.82) is 0 Å². The lowest BCUT2D eigenvalue weighted by Crippen LogP contribution is -1.90. The summed E-state index contributed by atoms with van der Waals surface area (Å²) in [5.41, 5.74) is 7.61. The van der Waals surface area contributed by atoms with E-state index in [2.05, 4.69) is 20.9 Å². The fraction of sp³-hybridized carbons (Fsp3) is 0.182. The zero-order chi connectivity index (χ0) is 11.7. The lowest BCUT2D eigenvalue weighted by atomic mass is 10.1. The van der Waals surface area contributed by atoms with Gasteiger partial charge in [0.1, 0.15) is 5.82 Å². The van der Waals surface area contributed by atoms with Crippen LogP contribution in [0.1, 0.15) is 16.1 Å². The molecule has 84 valence electrons. The molecule has 0 bridgehead atoms. The van der Waals surface area contributed by atoms with Crippen LogP contribution >= 0.6 is 27.3 Å². The number of nitrogen functional groups attached to an aromatic ring is 1. The Hall–Kier alpha value is -0.940. The summed E-state index contributed by atoms with van der Waals surface area (Å²) in [6.07, 6.45) is 0.724. The van der Waals surface area contributed by atoms with Crippen LogP contribution in [0.25, 0.3) is 0 Å². The highest BCUT2D eigenvalue weighted by Crippen LogP contribution is 2.26. The molecule has 0 radical (unpaired) electrons. The minimum absolute atomic E-state index is 0.240. The van der Waals surface area contributed by atoms with Gasteiger partial charge in [-0.15, -0.1) is 11.3 Å². The van der Waals surface area contributed by atoms with Crippen LogP contribution in [0.15, 0.2) is 22.7 Å². The van der Waals surface area contributed by atoms with Crippen LogP contribution in [0.2, 0.25) is 0 Å². The molecule has 0 aliphatic heterocycles. The third kappa shape index (κ3) is 2.41. The van der Waals surface area contributed by atoms with Gasteiger partial charge in [-0.25, -0.2) is 9.37 Å². The Kier molecular flexibility index (Phi) is 3.25. The van der Waals surface area contributed by atoms with Gasteiger partial charge in [0, 0.05) is 15.8 Å². The van der Waals surface area contributed by atoms with E-state index in [9.17, 15) is 4.39 Å². The lowest BCUT2D eigenvalue weighted by Gasteiger charge is -2.03. The summed E-state index contributed by atoms with van der Waals surface area (Å²) in [7, 11) is 0. The maximum Gasteiger partial charge on any atom is 0.180 e. The summed E-state index contributed by atoms with van der Waals surface area (Å²) in [5, 5.41) is 0.575. The number of halogens is 2. The monoisotopic (exact) mass is 300 g/mol. The predicted molar refractivity (Wildman–Crippen MR) is 68.2 cm³/mol. The summed E-state index contributed by atoms with van der Waals surface area (Å²) >= 11 is 4.82. The average Bonchev–Trinajstić information content (AvgIpc) is 2.50. The van der Waals surface area contributed by atoms with E-state index in [-0.39, 0.29) is 5.82 Å². The van der Waals surface area contributed by atoms with E-state index in [0.717, 1.165) is 27.0 Å². The third-order valence-electron chi connectivity index (χ3n) is 2.28. The summed E-state index contributed by atoms with van der Waals surface area (Å²) in [5.74, 6) is -0.240. The minimum Gasteiger partial charge on any atom is -0.375 e. The number of thiazole rings is 1. The smallest absolute Gasteiger partial charge is 0.180 e. The van der Waals surface area contributed by atoms with E-state index in [1.807, 2.05) is 6.92 Å². The third-order valence-corrected chi connectivity index (χ3v) is 4.00. The molecule has 0 fully saturated rings. The fourth-order valence-electron chi connectivity index (χ4n) is 1.45. The number of aromatic nitrogens is 1. The molecule has 0 aliphatic rings. The van der Waals surface area contributed by atoms with Gasteiger partial charge in [0.2, 0.25) is 0 Å². The molecule has 0 unspecified atom stereocenters. The lowest BCUT2D eigenvalue weighted by molar-refractivity contribution is 0.626. The normalized spacial score (nSPS) is 10.7. The molecule has 0 spiro atoms. The summed E-state index contributed by atoms with van der Waals surface area (Å²) < 4.78 is 13.7. The molecule has 1 aromatic heterocycles. The summed E-state index contributed by atoms with van der Waals surface area (Å²) in [6.45, 7) is 1.93. The first-order valence-corrected chi connectivity index (χ1v) is 6.33. The molecule has 16 heavy (non-hydrogen) atoms. The Morgan fingerprint density at radius 2 is 2.25 bits per heavy atom. The summed E-state index contributed by atoms with van der Waals surface area (Å²) in [6, 6.07) is 4.70. The molecule has 0 saturated heterocycles. The van der Waals surface area contributed by atoms with Crippen LogP contribution in [-0.4, -0.2) is 4.98 Å². The van der Waals surface area contributed by atoms with Crippen LogP contribution in [-0.2, 0) is 6.42 Å². The van der Waals surface area contributed by atoms with Crippen molar-refractivity contribution < 1.29 is 4.39 Å². The minimum atomic E-state index is -0.240. The van der Waals surface area contributed by atoms with Crippen molar-refractivity contribution in [2.75, 3.05) is 5.73 Å². The standard InChI is InChI=1S/C11H10BrFN2S/c1-6-10(16-11(14)15-6)4-7-2-3-8(13)5-9(7)12/h2-3,5H,4H2,1H3,(H2,14,15). The SMILES string of the molecule is Cc1nc(N)sc1Cc1ccc(F)cc1Br. The molecule has 2 nitrogen and oxygen atoms in total. The molecule has 5 heteroatoms. The fourth-order valence-corrected chi connectivity index (χ4v) is 2.80. The number of rotatable bonds is 2. The molecule has 0 atom stereocenters. The number of benzene rings is 1. The van der Waals surface area contributed by atoms with Gasteiger partial charge >= 0.3 is 0 Å². The van der Waals surface area contributed by atoms with Crippen molar-refractivity contribution in [3.8, 4) is 0 Å². The molecular formula is C11H10BrFN2S. The van der Waals surface area contributed by atoms with Crippen LogP contribution < -0.4 is 5.73 Å². The highest BCUT2D eigenvalue weighted by molar-refractivity contribution is 9.10. The molecule has 2 aromatic rings. The molecule has 0 amide bonds. The van der Waals surface area contributed by atoms with E-state index >= 15 is 0 Å². The number of aryl methyl sites for hydroxylation is 1. The van der Waals surface area contributed by atoms with Gasteiger partial charge in [-0.1, -0.05) is 22.0 Å². The van der Waals surface area contributed by atoms with E-state index in [4.69, 9.17) is 5.73 Å². The number of hydrogen-bond donors (Lipinski definition) is 1. The number of anilines is 1. The summed E-state index contributed by atoms with van der Waals surface area (Å²) in [4.78, 5) is 5.28. The van der Waals surface area contributed by atoms with Crippen molar-refractivity contribution in [3.63, 3.8) is 0 Å². The highest BCUT2D eigenvalue weighted by atomic mass is 79.9. The maximum atomic E-state index is 12.9. The van der Waals surface area contributed by atoms with Crippen molar-refractivity contribution in [2.45, 2.75) is 13.3 Å². The quantitative estimate of drug-likeness (QED) is 0.921. The van der Waals surface area contributed by atoms with Gasteiger partial charge in [-0.3, -0.25) is 0 Å². The Bertz CT molecular complexity index is 525. The highest BCUT2D eigenvalue weighted by Gasteiger charge is 2.08. The van der Waals surface area contributed by atoms with Gasteiger partial charge in [0.25, 0.3) is 0 Å². The van der Waals surface area contributed by atoms with E-state index < -0.39 is 0 Å². The van der Waals surface area contributed by atoms with Gasteiger partial charge in [0.15, 0.2) is 5.13 Å². The van der Waals surface area contributed by atoms with Crippen LogP contribution in [0.5, 0.6) is 0 Å². The largest absolute Gasteiger partial charge is 0.375 e. The predicted octanol–water partition coefficient (Wildman–Crippen LogP) is 3.53. The second kappa shape index (κ2) is 4.51. The van der Waals surface area contributed by atoms with Crippen LogP contribution in [0, 0.1) is 12.7 Å². The van der Waals surface area contributed by atoms with E-state index in [0.29, 0.717) is 5.13 Å². The second-order valence-corrected chi connectivity index (χ2v) is 5.44. The first-order chi connectivity index (χ1) is 7.56. The maximum absolute atomic E-state index is 12.9. The van der Waals surface area contributed by atoms with E-state index in [1.54, 1.807) is 6.07 Å². The zero-order valence-corrected chi connectivity index (χ0v) is 11.0. The van der Waals surface area contributed by atoms with Crippen molar-refractivity contribution in [2.24, 2.45) is 0 Å². The van der Waals surface area contributed by atoms with Crippen molar-refractivity contribution in [3.05, 3.63) is 44.6 Å². The Labute approximate surface area is 105 Å². The van der Waals surface area contributed by atoms with Gasteiger partial charge in [0.05, 0.1) is 5.69 Å². The zero-order valence-electron chi connectivity index (χ0n) is 8.63. The molecule has 2 rings (SSSR count). The number of hydrogen-bond acceptors (Lipinski definition) is 3. The Morgan fingerprint density at radius 3 is 2.81 bits per heavy atom. The van der Waals surface area contributed by atoms with Gasteiger partial charge in [-0.2, -0.15) is 0 Å². The molecule has 0 saturated carbocycles. The second-order valence-electron chi connectivity index (χ2n) is 3.47. The topological polar surface area (TPSA) is 38.9 Å². The molecule has 2 N–H and O–H groups in total. The first-order valence-electron chi connectivity index (χ1n) is 4.72. The number of nitrogens with two attached hydrogens (primary N) is 1. The molecular weight excluding hydrogens is 291 g/mol. The van der Waals surface area contributed by atoms with Crippen molar-refractivity contribution in [1.82, 2.24) is 4.98 Å². The molecule has 0 aliphatic carbocycles. The Balaban J connectivity index is 2.30. The van der Waals surface area contributed by atoms with Gasteiger partial charge < -0.3 is 5.73 Å². The van der Waals surface area contributed by atoms with Crippen LogP contribution in [0.3, 0.4) is 0 Å². The molecule has 1 heterocycles. The molecule has 1 aromatic carbocycles. The van der Waals surface area contributed by atoms with Crippen LogP contribution in [0.4, 0.5) is 9.52 Å². The number of nitrogens with zero attached hydrogens (tertiary/aromatic N) is 1. The Morgan fingerprint density at radius 1 is 1.50 bits per heavy atom. The average molecular weight is 301 g/mol. The van der Waals surface area contributed by atoms with Crippen molar-refractivity contribution >= 4 is 32.4 Å². The first kappa shape index (κ1) is 11.5.